The molecule has 1 heterocycles. The number of nitrogens with one attached hydrogen (secondary N) is 1. The molecule has 0 bridgehead atoms. The molecule has 0 aliphatic carbocycles. The van der Waals surface area contributed by atoms with Crippen LogP contribution in [0.25, 0.3) is 0 Å². The number of carbonyl (C=O) groups is 1. The molecule has 1 aliphatic heterocycles. The van der Waals surface area contributed by atoms with Gasteiger partial charge in [-0.1, -0.05) is 13.8 Å². The highest BCUT2D eigenvalue weighted by Crippen LogP contribution is 2.19. The minimum atomic E-state index is -3.74. The van der Waals surface area contributed by atoms with Crippen molar-refractivity contribution in [1.82, 2.24) is 9.03 Å². The molecule has 0 aromatic carbocycles. The van der Waals surface area contributed by atoms with Crippen LogP contribution in [0, 0.1) is 5.92 Å². The monoisotopic (exact) mass is 308 g/mol. The van der Waals surface area contributed by atoms with Crippen molar-refractivity contribution in [1.29, 1.82) is 0 Å². The lowest BCUT2D eigenvalue weighted by Gasteiger charge is -2.32. The number of aliphatic hydroxyl groups is 1. The van der Waals surface area contributed by atoms with Crippen LogP contribution in [0.3, 0.4) is 0 Å². The number of carboxylic acids is 1. The predicted octanol–water partition coefficient (Wildman–Crippen LogP) is 0.169. The maximum absolute atomic E-state index is 12.1. The zero-order chi connectivity index (χ0) is 15.4. The molecular formula is C12H24N2O5S. The van der Waals surface area contributed by atoms with Crippen molar-refractivity contribution in [3.8, 4) is 0 Å². The summed E-state index contributed by atoms with van der Waals surface area (Å²) in [7, 11) is -3.74. The summed E-state index contributed by atoms with van der Waals surface area (Å²) in [4.78, 5) is 11.0. The van der Waals surface area contributed by atoms with Crippen molar-refractivity contribution in [3.63, 3.8) is 0 Å². The summed E-state index contributed by atoms with van der Waals surface area (Å²) in [5, 5.41) is 19.1. The van der Waals surface area contributed by atoms with Crippen LogP contribution in [0.4, 0.5) is 0 Å². The second kappa shape index (κ2) is 6.84. The largest absolute Gasteiger partial charge is 0.481 e. The van der Waals surface area contributed by atoms with Gasteiger partial charge in [0, 0.05) is 19.6 Å². The van der Waals surface area contributed by atoms with Crippen molar-refractivity contribution in [2.75, 3.05) is 19.6 Å². The Morgan fingerprint density at radius 3 is 2.50 bits per heavy atom. The lowest BCUT2D eigenvalue weighted by molar-refractivity contribution is -0.142. The smallest absolute Gasteiger partial charge is 0.307 e. The van der Waals surface area contributed by atoms with Gasteiger partial charge in [-0.05, 0) is 25.7 Å². The van der Waals surface area contributed by atoms with Gasteiger partial charge in [0.25, 0.3) is 10.2 Å². The molecule has 0 amide bonds. The number of aliphatic carboxylic acids is 1. The Labute approximate surface area is 120 Å². The Hall–Kier alpha value is -0.700. The molecule has 0 aromatic rings. The number of hydrogen-bond acceptors (Lipinski definition) is 4. The molecule has 1 unspecified atom stereocenters. The van der Waals surface area contributed by atoms with E-state index in [-0.39, 0.29) is 13.1 Å². The van der Waals surface area contributed by atoms with E-state index in [4.69, 9.17) is 5.11 Å². The van der Waals surface area contributed by atoms with E-state index in [2.05, 4.69) is 4.72 Å². The van der Waals surface area contributed by atoms with Gasteiger partial charge in [0.15, 0.2) is 0 Å². The van der Waals surface area contributed by atoms with E-state index >= 15 is 0 Å². The Morgan fingerprint density at radius 1 is 1.40 bits per heavy atom. The SMILES string of the molecule is CCC(O)(CC)CNS(=O)(=O)N1CCCC(C(=O)O)C1. The van der Waals surface area contributed by atoms with E-state index in [0.717, 1.165) is 4.31 Å². The zero-order valence-corrected chi connectivity index (χ0v) is 12.8. The van der Waals surface area contributed by atoms with E-state index in [1.54, 1.807) is 13.8 Å². The van der Waals surface area contributed by atoms with Gasteiger partial charge in [-0.15, -0.1) is 0 Å². The van der Waals surface area contributed by atoms with Crippen LogP contribution in [-0.4, -0.2) is 54.1 Å². The molecular weight excluding hydrogens is 284 g/mol. The maximum Gasteiger partial charge on any atom is 0.307 e. The van der Waals surface area contributed by atoms with Crippen LogP contribution in [0.15, 0.2) is 0 Å². The molecule has 118 valence electrons. The van der Waals surface area contributed by atoms with E-state index in [0.29, 0.717) is 32.2 Å². The highest BCUT2D eigenvalue weighted by atomic mass is 32.2. The third-order valence-electron chi connectivity index (χ3n) is 3.97. The highest BCUT2D eigenvalue weighted by molar-refractivity contribution is 7.87. The maximum atomic E-state index is 12.1. The Kier molecular flexibility index (Phi) is 5.93. The first kappa shape index (κ1) is 17.4. The topological polar surface area (TPSA) is 107 Å². The van der Waals surface area contributed by atoms with Crippen LogP contribution in [0.2, 0.25) is 0 Å². The minimum Gasteiger partial charge on any atom is -0.481 e. The van der Waals surface area contributed by atoms with Gasteiger partial charge in [0.2, 0.25) is 0 Å². The summed E-state index contributed by atoms with van der Waals surface area (Å²) in [6.07, 6.45) is 1.92. The first-order valence-electron chi connectivity index (χ1n) is 6.94. The lowest BCUT2D eigenvalue weighted by atomic mass is 9.98. The summed E-state index contributed by atoms with van der Waals surface area (Å²) in [5.74, 6) is -1.62. The lowest BCUT2D eigenvalue weighted by Crippen LogP contribution is -2.51. The molecule has 7 nitrogen and oxygen atoms in total. The fourth-order valence-corrected chi connectivity index (χ4v) is 3.56. The Bertz CT molecular complexity index is 433. The molecule has 0 radical (unpaired) electrons. The van der Waals surface area contributed by atoms with Crippen LogP contribution < -0.4 is 4.72 Å². The summed E-state index contributed by atoms with van der Waals surface area (Å²) in [6, 6.07) is 0. The number of hydrogen-bond donors (Lipinski definition) is 3. The second-order valence-corrected chi connectivity index (χ2v) is 7.05. The molecule has 0 spiro atoms. The van der Waals surface area contributed by atoms with Crippen molar-refractivity contribution >= 4 is 16.2 Å². The normalized spacial score (nSPS) is 21.9. The number of nitrogens with zero attached hydrogens (tertiary/aromatic N) is 1. The number of carboxylic acid groups (broad SMARTS) is 1. The van der Waals surface area contributed by atoms with Gasteiger partial charge < -0.3 is 10.2 Å². The fourth-order valence-electron chi connectivity index (χ4n) is 2.18. The summed E-state index contributed by atoms with van der Waals surface area (Å²) in [6.45, 7) is 3.83. The molecule has 1 saturated heterocycles. The molecule has 0 aromatic heterocycles. The van der Waals surface area contributed by atoms with Crippen LogP contribution in [0.5, 0.6) is 0 Å². The third-order valence-corrected chi connectivity index (χ3v) is 5.49. The quantitative estimate of drug-likeness (QED) is 0.621. The summed E-state index contributed by atoms with van der Waals surface area (Å²) >= 11 is 0. The van der Waals surface area contributed by atoms with Gasteiger partial charge >= 0.3 is 5.97 Å². The zero-order valence-electron chi connectivity index (χ0n) is 12.0. The van der Waals surface area contributed by atoms with Crippen molar-refractivity contribution < 1.29 is 23.4 Å². The third kappa shape index (κ3) is 4.41. The fraction of sp³-hybridized carbons (Fsp3) is 0.917. The van der Waals surface area contributed by atoms with E-state index in [9.17, 15) is 18.3 Å². The number of rotatable bonds is 7. The van der Waals surface area contributed by atoms with Gasteiger partial charge in [-0.3, -0.25) is 4.79 Å². The van der Waals surface area contributed by atoms with E-state index in [1.165, 1.54) is 0 Å². The highest BCUT2D eigenvalue weighted by Gasteiger charge is 2.33. The Balaban J connectivity index is 2.66. The van der Waals surface area contributed by atoms with Crippen molar-refractivity contribution in [3.05, 3.63) is 0 Å². The minimum absolute atomic E-state index is 0.0126. The van der Waals surface area contributed by atoms with Gasteiger partial charge in [0.1, 0.15) is 0 Å². The van der Waals surface area contributed by atoms with E-state index < -0.39 is 27.7 Å². The van der Waals surface area contributed by atoms with Crippen molar-refractivity contribution in [2.45, 2.75) is 45.1 Å². The van der Waals surface area contributed by atoms with Gasteiger partial charge in [0.05, 0.1) is 11.5 Å². The molecule has 0 saturated carbocycles. The molecule has 3 N–H and O–H groups in total. The van der Waals surface area contributed by atoms with Crippen LogP contribution >= 0.6 is 0 Å². The van der Waals surface area contributed by atoms with Crippen LogP contribution in [0.1, 0.15) is 39.5 Å². The summed E-state index contributed by atoms with van der Waals surface area (Å²) in [5.41, 5.74) is -1.06. The predicted molar refractivity (Wildman–Crippen MR) is 74.4 cm³/mol. The Morgan fingerprint density at radius 2 is 2.00 bits per heavy atom. The summed E-state index contributed by atoms with van der Waals surface area (Å²) < 4.78 is 27.8. The first-order chi connectivity index (χ1) is 9.24. The second-order valence-electron chi connectivity index (χ2n) is 5.29. The molecule has 8 heteroatoms. The number of piperidine rings is 1. The average Bonchev–Trinajstić information content (AvgIpc) is 2.45. The molecule has 1 fully saturated rings. The molecule has 1 aliphatic rings. The standard InChI is InChI=1S/C12H24N2O5S/c1-3-12(17,4-2)9-13-20(18,19)14-7-5-6-10(8-14)11(15)16/h10,13,17H,3-9H2,1-2H3,(H,15,16). The first-order valence-corrected chi connectivity index (χ1v) is 8.38. The molecule has 20 heavy (non-hydrogen) atoms. The molecule has 1 rings (SSSR count). The molecule has 1 atom stereocenters. The van der Waals surface area contributed by atoms with Gasteiger partial charge in [-0.25, -0.2) is 0 Å². The van der Waals surface area contributed by atoms with E-state index in [1.807, 2.05) is 0 Å². The van der Waals surface area contributed by atoms with Crippen LogP contribution in [-0.2, 0) is 15.0 Å². The van der Waals surface area contributed by atoms with Gasteiger partial charge in [-0.2, -0.15) is 17.4 Å². The van der Waals surface area contributed by atoms with Crippen molar-refractivity contribution in [2.24, 2.45) is 5.92 Å². The average molecular weight is 308 g/mol.